The van der Waals surface area contributed by atoms with Gasteiger partial charge < -0.3 is 15.0 Å². The zero-order valence-electron chi connectivity index (χ0n) is 14.4. The number of imidazole rings is 1. The third-order valence-corrected chi connectivity index (χ3v) is 5.55. The number of pyridine rings is 1. The number of fused-ring (bicyclic) bond motifs is 1. The molecule has 0 aliphatic carbocycles. The standard InChI is InChI=1S/C18H26N4OS/c1-13-6-7-17-20-15(10-21(17)9-13)11-24-12-18(23)22-8-4-3-5-16(22)14(2)19/h6-7,9-10,14,16H,3-5,8,11-12,19H2,1-2H3. The Morgan fingerprint density at radius 1 is 1.42 bits per heavy atom. The first kappa shape index (κ1) is 17.3. The van der Waals surface area contributed by atoms with E-state index >= 15 is 0 Å². The van der Waals surface area contributed by atoms with Crippen molar-refractivity contribution >= 4 is 23.3 Å². The molecule has 130 valence electrons. The van der Waals surface area contributed by atoms with Crippen molar-refractivity contribution in [3.05, 3.63) is 35.8 Å². The molecule has 2 aromatic rings. The predicted octanol–water partition coefficient (Wildman–Crippen LogP) is 2.60. The van der Waals surface area contributed by atoms with Crippen LogP contribution >= 0.6 is 11.8 Å². The van der Waals surface area contributed by atoms with Crippen molar-refractivity contribution in [2.24, 2.45) is 5.73 Å². The Bertz CT molecular complexity index is 712. The van der Waals surface area contributed by atoms with E-state index in [0.717, 1.165) is 36.5 Å². The summed E-state index contributed by atoms with van der Waals surface area (Å²) in [5.41, 5.74) is 9.24. The van der Waals surface area contributed by atoms with E-state index in [-0.39, 0.29) is 18.0 Å². The highest BCUT2D eigenvalue weighted by Crippen LogP contribution is 2.21. The molecular formula is C18H26N4OS. The molecule has 2 N–H and O–H groups in total. The first-order valence-electron chi connectivity index (χ1n) is 8.61. The number of nitrogens with two attached hydrogens (primary N) is 1. The molecule has 24 heavy (non-hydrogen) atoms. The molecule has 1 amide bonds. The Hall–Kier alpha value is -1.53. The quantitative estimate of drug-likeness (QED) is 0.904. The second-order valence-electron chi connectivity index (χ2n) is 6.71. The molecule has 5 nitrogen and oxygen atoms in total. The molecule has 3 rings (SSSR count). The van der Waals surface area contributed by atoms with Gasteiger partial charge in [0.15, 0.2) is 0 Å². The van der Waals surface area contributed by atoms with E-state index < -0.39 is 0 Å². The third-order valence-electron chi connectivity index (χ3n) is 4.60. The lowest BCUT2D eigenvalue weighted by molar-refractivity contribution is -0.132. The van der Waals surface area contributed by atoms with Crippen LogP contribution in [-0.2, 0) is 10.5 Å². The minimum absolute atomic E-state index is 0.0425. The molecule has 6 heteroatoms. The van der Waals surface area contributed by atoms with Gasteiger partial charge >= 0.3 is 0 Å². The van der Waals surface area contributed by atoms with E-state index in [1.807, 2.05) is 28.5 Å². The van der Waals surface area contributed by atoms with E-state index in [0.29, 0.717) is 5.75 Å². The summed E-state index contributed by atoms with van der Waals surface area (Å²) in [4.78, 5) is 19.1. The molecule has 0 saturated carbocycles. The highest BCUT2D eigenvalue weighted by molar-refractivity contribution is 7.99. The number of aryl methyl sites for hydroxylation is 1. The van der Waals surface area contributed by atoms with Gasteiger partial charge in [0.2, 0.25) is 5.91 Å². The molecule has 2 unspecified atom stereocenters. The zero-order chi connectivity index (χ0) is 17.1. The van der Waals surface area contributed by atoms with Crippen LogP contribution in [0.2, 0.25) is 0 Å². The molecule has 1 aliphatic rings. The van der Waals surface area contributed by atoms with Crippen LogP contribution in [0.1, 0.15) is 37.4 Å². The van der Waals surface area contributed by atoms with Crippen LogP contribution in [0.25, 0.3) is 5.65 Å². The molecule has 1 aliphatic heterocycles. The number of thioether (sulfide) groups is 1. The minimum Gasteiger partial charge on any atom is -0.337 e. The molecule has 2 aromatic heterocycles. The first-order valence-corrected chi connectivity index (χ1v) is 9.77. The fraction of sp³-hybridized carbons (Fsp3) is 0.556. The number of nitrogens with zero attached hydrogens (tertiary/aromatic N) is 3. The fourth-order valence-electron chi connectivity index (χ4n) is 3.36. The van der Waals surface area contributed by atoms with Gasteiger partial charge in [-0.2, -0.15) is 0 Å². The summed E-state index contributed by atoms with van der Waals surface area (Å²) in [5.74, 6) is 1.46. The summed E-state index contributed by atoms with van der Waals surface area (Å²) in [5, 5.41) is 0. The summed E-state index contributed by atoms with van der Waals surface area (Å²) < 4.78 is 2.05. The van der Waals surface area contributed by atoms with Gasteiger partial charge in [0.05, 0.1) is 11.4 Å². The Kier molecular flexibility index (Phi) is 5.46. The van der Waals surface area contributed by atoms with Crippen LogP contribution in [0.4, 0.5) is 0 Å². The van der Waals surface area contributed by atoms with Gasteiger partial charge in [-0.25, -0.2) is 4.98 Å². The van der Waals surface area contributed by atoms with E-state index in [4.69, 9.17) is 5.73 Å². The van der Waals surface area contributed by atoms with Crippen LogP contribution in [0, 0.1) is 6.92 Å². The second-order valence-corrected chi connectivity index (χ2v) is 7.69. The van der Waals surface area contributed by atoms with Gasteiger partial charge in [0.1, 0.15) is 5.65 Å². The van der Waals surface area contributed by atoms with E-state index in [9.17, 15) is 4.79 Å². The Balaban J connectivity index is 1.55. The SMILES string of the molecule is Cc1ccc2nc(CSCC(=O)N3CCCCC3C(C)N)cn2c1. The number of carbonyl (C=O) groups is 1. The van der Waals surface area contributed by atoms with Crippen LogP contribution in [0.5, 0.6) is 0 Å². The monoisotopic (exact) mass is 346 g/mol. The fourth-order valence-corrected chi connectivity index (χ4v) is 4.16. The molecule has 1 saturated heterocycles. The van der Waals surface area contributed by atoms with Crippen molar-refractivity contribution in [3.8, 4) is 0 Å². The molecular weight excluding hydrogens is 320 g/mol. The minimum atomic E-state index is 0.0425. The van der Waals surface area contributed by atoms with Crippen LogP contribution in [0.3, 0.4) is 0 Å². The Labute approximate surface area is 147 Å². The van der Waals surface area contributed by atoms with Crippen molar-refractivity contribution < 1.29 is 4.79 Å². The molecule has 0 spiro atoms. The lowest BCUT2D eigenvalue weighted by Crippen LogP contribution is -2.52. The van der Waals surface area contributed by atoms with Crippen molar-refractivity contribution in [3.63, 3.8) is 0 Å². The summed E-state index contributed by atoms with van der Waals surface area (Å²) in [7, 11) is 0. The maximum Gasteiger partial charge on any atom is 0.232 e. The molecule has 2 atom stereocenters. The van der Waals surface area contributed by atoms with E-state index in [1.165, 1.54) is 12.0 Å². The summed E-state index contributed by atoms with van der Waals surface area (Å²) in [6.45, 7) is 4.92. The maximum absolute atomic E-state index is 12.5. The van der Waals surface area contributed by atoms with Crippen molar-refractivity contribution in [1.82, 2.24) is 14.3 Å². The van der Waals surface area contributed by atoms with Gasteiger partial charge in [-0.05, 0) is 44.7 Å². The second kappa shape index (κ2) is 7.57. The summed E-state index contributed by atoms with van der Waals surface area (Å²) in [6.07, 6.45) is 7.41. The van der Waals surface area contributed by atoms with Gasteiger partial charge in [-0.3, -0.25) is 4.79 Å². The van der Waals surface area contributed by atoms with Crippen LogP contribution < -0.4 is 5.73 Å². The average molecular weight is 346 g/mol. The van der Waals surface area contributed by atoms with Gasteiger partial charge in [0, 0.05) is 36.8 Å². The lowest BCUT2D eigenvalue weighted by Gasteiger charge is -2.38. The molecule has 3 heterocycles. The van der Waals surface area contributed by atoms with Gasteiger partial charge in [0.25, 0.3) is 0 Å². The number of aromatic nitrogens is 2. The van der Waals surface area contributed by atoms with Crippen LogP contribution in [0.15, 0.2) is 24.5 Å². The Morgan fingerprint density at radius 2 is 2.25 bits per heavy atom. The number of likely N-dealkylation sites (tertiary alicyclic amines) is 1. The largest absolute Gasteiger partial charge is 0.337 e. The molecule has 0 radical (unpaired) electrons. The summed E-state index contributed by atoms with van der Waals surface area (Å²) in [6, 6.07) is 4.33. The lowest BCUT2D eigenvalue weighted by atomic mass is 9.97. The number of piperidine rings is 1. The van der Waals surface area contributed by atoms with Crippen molar-refractivity contribution in [1.29, 1.82) is 0 Å². The molecule has 0 aromatic carbocycles. The number of hydrogen-bond acceptors (Lipinski definition) is 4. The maximum atomic E-state index is 12.5. The summed E-state index contributed by atoms with van der Waals surface area (Å²) >= 11 is 1.63. The van der Waals surface area contributed by atoms with Gasteiger partial charge in [-0.1, -0.05) is 6.07 Å². The number of rotatable bonds is 5. The van der Waals surface area contributed by atoms with Gasteiger partial charge in [-0.15, -0.1) is 11.8 Å². The Morgan fingerprint density at radius 3 is 3.04 bits per heavy atom. The molecule has 1 fully saturated rings. The zero-order valence-corrected chi connectivity index (χ0v) is 15.3. The predicted molar refractivity (Wildman–Crippen MR) is 99.1 cm³/mol. The third kappa shape index (κ3) is 3.92. The van der Waals surface area contributed by atoms with E-state index in [2.05, 4.69) is 24.2 Å². The van der Waals surface area contributed by atoms with Crippen molar-refractivity contribution in [2.75, 3.05) is 12.3 Å². The molecule has 0 bridgehead atoms. The number of carbonyl (C=O) groups excluding carboxylic acids is 1. The normalized spacial score (nSPS) is 19.6. The highest BCUT2D eigenvalue weighted by Gasteiger charge is 2.28. The van der Waals surface area contributed by atoms with Crippen LogP contribution in [-0.4, -0.2) is 44.6 Å². The topological polar surface area (TPSA) is 63.6 Å². The first-order chi connectivity index (χ1) is 11.5. The number of amides is 1. The van der Waals surface area contributed by atoms with Crippen molar-refractivity contribution in [2.45, 2.75) is 50.9 Å². The smallest absolute Gasteiger partial charge is 0.232 e. The highest BCUT2D eigenvalue weighted by atomic mass is 32.2. The number of hydrogen-bond donors (Lipinski definition) is 1. The van der Waals surface area contributed by atoms with E-state index in [1.54, 1.807) is 11.8 Å². The average Bonchev–Trinajstić information content (AvgIpc) is 2.96.